The van der Waals surface area contributed by atoms with Gasteiger partial charge in [-0.15, -0.1) is 0 Å². The third kappa shape index (κ3) is 3.93. The molecule has 0 unspecified atom stereocenters. The zero-order chi connectivity index (χ0) is 18.8. The van der Waals surface area contributed by atoms with Crippen molar-refractivity contribution in [3.8, 4) is 11.3 Å². The van der Waals surface area contributed by atoms with Crippen LogP contribution in [0.3, 0.4) is 0 Å². The largest absolute Gasteiger partial charge is 0.323 e. The molecule has 27 heavy (non-hydrogen) atoms. The molecule has 2 N–H and O–H groups in total. The van der Waals surface area contributed by atoms with Crippen molar-refractivity contribution in [3.05, 3.63) is 83.6 Å². The van der Waals surface area contributed by atoms with E-state index in [1.165, 1.54) is 5.56 Å². The smallest absolute Gasteiger partial charge is 0.308 e. The fourth-order valence-corrected chi connectivity index (χ4v) is 3.05. The number of fused-ring (bicyclic) bond motifs is 1. The lowest BCUT2D eigenvalue weighted by Crippen LogP contribution is -2.19. The number of aryl methyl sites for hydroxylation is 1. The Kier molecular flexibility index (Phi) is 4.52. The molecule has 6 heteroatoms. The fraction of sp³-hybridized carbons (Fsp3) is 0.0476. The molecule has 0 saturated heterocycles. The minimum atomic E-state index is -0.333. The van der Waals surface area contributed by atoms with Gasteiger partial charge >= 0.3 is 6.03 Å². The average Bonchev–Trinajstić information content (AvgIpc) is 3.05. The second kappa shape index (κ2) is 7.13. The van der Waals surface area contributed by atoms with Crippen LogP contribution in [0.1, 0.15) is 5.56 Å². The van der Waals surface area contributed by atoms with Crippen LogP contribution < -0.4 is 10.6 Å². The molecular formula is C21H17ClN4O. The Morgan fingerprint density at radius 2 is 1.70 bits per heavy atom. The van der Waals surface area contributed by atoms with Gasteiger partial charge in [-0.2, -0.15) is 0 Å². The van der Waals surface area contributed by atoms with Gasteiger partial charge < -0.3 is 15.0 Å². The van der Waals surface area contributed by atoms with Crippen LogP contribution in [0.15, 0.2) is 73.1 Å². The lowest BCUT2D eigenvalue weighted by atomic mass is 10.1. The number of halogens is 1. The number of nitrogens with zero attached hydrogens (tertiary/aromatic N) is 2. The van der Waals surface area contributed by atoms with Gasteiger partial charge in [0.1, 0.15) is 5.65 Å². The average molecular weight is 377 g/mol. The van der Waals surface area contributed by atoms with Gasteiger partial charge in [-0.1, -0.05) is 35.9 Å². The van der Waals surface area contributed by atoms with E-state index in [2.05, 4.69) is 15.6 Å². The minimum Gasteiger partial charge on any atom is -0.308 e. The molecule has 0 atom stereocenters. The second-order valence-corrected chi connectivity index (χ2v) is 6.70. The van der Waals surface area contributed by atoms with Crippen molar-refractivity contribution in [2.75, 3.05) is 10.6 Å². The highest BCUT2D eigenvalue weighted by Gasteiger charge is 2.07. The van der Waals surface area contributed by atoms with Crippen LogP contribution in [-0.4, -0.2) is 15.4 Å². The monoisotopic (exact) mass is 376 g/mol. The number of amides is 2. The van der Waals surface area contributed by atoms with Crippen LogP contribution >= 0.6 is 11.6 Å². The Morgan fingerprint density at radius 1 is 0.963 bits per heavy atom. The van der Waals surface area contributed by atoms with E-state index in [0.717, 1.165) is 16.9 Å². The van der Waals surface area contributed by atoms with Gasteiger partial charge in [-0.05, 0) is 48.9 Å². The first-order valence-corrected chi connectivity index (χ1v) is 8.84. The summed E-state index contributed by atoms with van der Waals surface area (Å²) in [6.07, 6.45) is 4.01. The fourth-order valence-electron chi connectivity index (χ4n) is 2.86. The normalized spacial score (nSPS) is 10.7. The molecule has 134 valence electrons. The molecule has 0 aliphatic carbocycles. The summed E-state index contributed by atoms with van der Waals surface area (Å²) in [6.45, 7) is 2.04. The number of nitrogens with one attached hydrogen (secondary N) is 2. The van der Waals surface area contributed by atoms with E-state index in [1.54, 1.807) is 24.3 Å². The van der Waals surface area contributed by atoms with Crippen LogP contribution in [-0.2, 0) is 0 Å². The van der Waals surface area contributed by atoms with Crippen LogP contribution in [0, 0.1) is 6.92 Å². The predicted octanol–water partition coefficient (Wildman–Crippen LogP) is 5.61. The zero-order valence-electron chi connectivity index (χ0n) is 14.6. The first kappa shape index (κ1) is 17.1. The van der Waals surface area contributed by atoms with Crippen LogP contribution in [0.2, 0.25) is 5.02 Å². The second-order valence-electron chi connectivity index (χ2n) is 6.27. The Hall–Kier alpha value is -3.31. The highest BCUT2D eigenvalue weighted by Crippen LogP contribution is 2.23. The highest BCUT2D eigenvalue weighted by atomic mass is 35.5. The van der Waals surface area contributed by atoms with Gasteiger partial charge in [-0.25, -0.2) is 9.78 Å². The molecule has 0 aliphatic heterocycles. The Balaban J connectivity index is 1.53. The highest BCUT2D eigenvalue weighted by molar-refractivity contribution is 6.30. The van der Waals surface area contributed by atoms with Gasteiger partial charge in [0, 0.05) is 34.4 Å². The number of benzene rings is 2. The molecule has 0 spiro atoms. The number of rotatable bonds is 3. The summed E-state index contributed by atoms with van der Waals surface area (Å²) in [5.74, 6) is 0. The van der Waals surface area contributed by atoms with E-state index in [1.807, 2.05) is 60.1 Å². The van der Waals surface area contributed by atoms with Crippen LogP contribution in [0.4, 0.5) is 16.2 Å². The molecule has 0 fully saturated rings. The topological polar surface area (TPSA) is 58.4 Å². The number of anilines is 2. The maximum Gasteiger partial charge on any atom is 0.323 e. The number of carbonyl (C=O) groups is 1. The molecule has 2 aromatic heterocycles. The van der Waals surface area contributed by atoms with E-state index in [9.17, 15) is 4.79 Å². The standard InChI is InChI=1S/C21H17ClN4O/c1-14-8-9-20-25-19(13-26(20)12-14)15-4-2-6-17(10-15)23-21(27)24-18-7-3-5-16(22)11-18/h2-13H,1H3,(H2,23,24,27). The van der Waals surface area contributed by atoms with Gasteiger partial charge in [-0.3, -0.25) is 0 Å². The third-order valence-corrected chi connectivity index (χ3v) is 4.33. The molecule has 4 rings (SSSR count). The van der Waals surface area contributed by atoms with E-state index in [0.29, 0.717) is 16.4 Å². The molecule has 0 bridgehead atoms. The van der Waals surface area contributed by atoms with E-state index in [4.69, 9.17) is 11.6 Å². The molecule has 2 aromatic carbocycles. The molecule has 2 amide bonds. The zero-order valence-corrected chi connectivity index (χ0v) is 15.4. The summed E-state index contributed by atoms with van der Waals surface area (Å²) in [4.78, 5) is 16.9. The SMILES string of the molecule is Cc1ccc2nc(-c3cccc(NC(=O)Nc4cccc(Cl)c4)c3)cn2c1. The van der Waals surface area contributed by atoms with Crippen LogP contribution in [0.25, 0.3) is 16.9 Å². The van der Waals surface area contributed by atoms with Crippen molar-refractivity contribution in [1.82, 2.24) is 9.38 Å². The molecule has 5 nitrogen and oxygen atoms in total. The number of hydrogen-bond donors (Lipinski definition) is 2. The van der Waals surface area contributed by atoms with Gasteiger partial charge in [0.2, 0.25) is 0 Å². The Morgan fingerprint density at radius 3 is 2.48 bits per heavy atom. The van der Waals surface area contributed by atoms with Gasteiger partial charge in [0.05, 0.1) is 5.69 Å². The predicted molar refractivity (Wildman–Crippen MR) is 109 cm³/mol. The van der Waals surface area contributed by atoms with Crippen molar-refractivity contribution >= 4 is 34.7 Å². The molecule has 0 saturated carbocycles. The number of pyridine rings is 1. The molecule has 0 radical (unpaired) electrons. The summed E-state index contributed by atoms with van der Waals surface area (Å²) in [6, 6.07) is 18.3. The van der Waals surface area contributed by atoms with E-state index < -0.39 is 0 Å². The van der Waals surface area contributed by atoms with Crippen molar-refractivity contribution < 1.29 is 4.79 Å². The first-order chi connectivity index (χ1) is 13.1. The van der Waals surface area contributed by atoms with Crippen LogP contribution in [0.5, 0.6) is 0 Å². The summed E-state index contributed by atoms with van der Waals surface area (Å²) < 4.78 is 2.00. The van der Waals surface area contributed by atoms with Gasteiger partial charge in [0.15, 0.2) is 0 Å². The lowest BCUT2D eigenvalue weighted by Gasteiger charge is -2.08. The lowest BCUT2D eigenvalue weighted by molar-refractivity contribution is 0.262. The Bertz CT molecular complexity index is 1140. The summed E-state index contributed by atoms with van der Waals surface area (Å²) in [5.41, 5.74) is 5.13. The number of urea groups is 1. The molecule has 2 heterocycles. The number of imidazole rings is 1. The number of hydrogen-bond acceptors (Lipinski definition) is 2. The molecule has 0 aliphatic rings. The maximum atomic E-state index is 12.2. The molecular weight excluding hydrogens is 360 g/mol. The number of aromatic nitrogens is 2. The molecule has 4 aromatic rings. The third-order valence-electron chi connectivity index (χ3n) is 4.10. The van der Waals surface area contributed by atoms with Crippen molar-refractivity contribution in [3.63, 3.8) is 0 Å². The maximum absolute atomic E-state index is 12.2. The quantitative estimate of drug-likeness (QED) is 0.488. The van der Waals surface area contributed by atoms with Crippen molar-refractivity contribution in [1.29, 1.82) is 0 Å². The Labute approximate surface area is 161 Å². The van der Waals surface area contributed by atoms with E-state index >= 15 is 0 Å². The number of carbonyl (C=O) groups excluding carboxylic acids is 1. The van der Waals surface area contributed by atoms with E-state index in [-0.39, 0.29) is 6.03 Å². The summed E-state index contributed by atoms with van der Waals surface area (Å²) in [5, 5.41) is 6.17. The van der Waals surface area contributed by atoms with Crippen molar-refractivity contribution in [2.45, 2.75) is 6.92 Å². The summed E-state index contributed by atoms with van der Waals surface area (Å²) >= 11 is 5.94. The minimum absolute atomic E-state index is 0.333. The summed E-state index contributed by atoms with van der Waals surface area (Å²) in [7, 11) is 0. The van der Waals surface area contributed by atoms with Gasteiger partial charge in [0.25, 0.3) is 0 Å². The first-order valence-electron chi connectivity index (χ1n) is 8.46. The van der Waals surface area contributed by atoms with Crippen molar-refractivity contribution in [2.24, 2.45) is 0 Å².